The summed E-state index contributed by atoms with van der Waals surface area (Å²) in [5.41, 5.74) is 2.33. The summed E-state index contributed by atoms with van der Waals surface area (Å²) in [6, 6.07) is 1.87. The van der Waals surface area contributed by atoms with Crippen molar-refractivity contribution in [3.05, 3.63) is 23.0 Å². The molecule has 5 nitrogen and oxygen atoms in total. The van der Waals surface area contributed by atoms with Gasteiger partial charge in [0.15, 0.2) is 0 Å². The smallest absolute Gasteiger partial charge is 0.255 e. The van der Waals surface area contributed by atoms with Crippen LogP contribution in [0.5, 0.6) is 0 Å². The number of carbonyl (C=O) groups excluding carboxylic acids is 1. The molecule has 0 aromatic carbocycles. The van der Waals surface area contributed by atoms with Gasteiger partial charge in [-0.25, -0.2) is 0 Å². The molecule has 1 amide bonds. The average Bonchev–Trinajstić information content (AvgIpc) is 2.47. The lowest BCUT2D eigenvalue weighted by Gasteiger charge is -2.32. The number of aryl methyl sites for hydroxylation is 2. The van der Waals surface area contributed by atoms with Gasteiger partial charge in [0.05, 0.1) is 17.0 Å². The zero-order valence-corrected chi connectivity index (χ0v) is 12.6. The van der Waals surface area contributed by atoms with Crippen LogP contribution in [0.25, 0.3) is 0 Å². The maximum absolute atomic E-state index is 12.6. The van der Waals surface area contributed by atoms with Crippen LogP contribution in [-0.4, -0.2) is 47.7 Å². The molecule has 1 aromatic heterocycles. The molecule has 1 aliphatic rings. The van der Waals surface area contributed by atoms with Gasteiger partial charge in [0.1, 0.15) is 0 Å². The first-order valence-corrected chi connectivity index (χ1v) is 7.42. The maximum atomic E-state index is 12.6. The van der Waals surface area contributed by atoms with E-state index in [9.17, 15) is 4.79 Å². The molecular weight excluding hydrogens is 252 g/mol. The van der Waals surface area contributed by atoms with Gasteiger partial charge in [-0.3, -0.25) is 4.79 Å². The Morgan fingerprint density at radius 3 is 2.70 bits per heavy atom. The number of amides is 1. The topological polar surface area (TPSA) is 58.1 Å². The Bertz CT molecular complexity index is 467. The molecule has 1 aromatic rings. The number of piperidine rings is 1. The van der Waals surface area contributed by atoms with Crippen LogP contribution in [0.2, 0.25) is 0 Å². The molecule has 0 aliphatic carbocycles. The summed E-state index contributed by atoms with van der Waals surface area (Å²) in [7, 11) is 1.98. The molecule has 0 bridgehead atoms. The van der Waals surface area contributed by atoms with Crippen LogP contribution < -0.4 is 5.32 Å². The number of hydrogen-bond acceptors (Lipinski definition) is 4. The van der Waals surface area contributed by atoms with Gasteiger partial charge >= 0.3 is 0 Å². The Labute approximate surface area is 120 Å². The summed E-state index contributed by atoms with van der Waals surface area (Å²) in [6.07, 6.45) is 2.89. The summed E-state index contributed by atoms with van der Waals surface area (Å²) in [6.45, 7) is 6.61. The monoisotopic (exact) mass is 276 g/mol. The minimum absolute atomic E-state index is 0.114. The normalized spacial score (nSPS) is 16.4. The van der Waals surface area contributed by atoms with Gasteiger partial charge in [0.2, 0.25) is 0 Å². The molecule has 0 unspecified atom stereocenters. The lowest BCUT2D eigenvalue weighted by molar-refractivity contribution is 0.0689. The second-order valence-corrected chi connectivity index (χ2v) is 5.49. The van der Waals surface area contributed by atoms with Crippen molar-refractivity contribution in [1.29, 1.82) is 0 Å². The fourth-order valence-corrected chi connectivity index (χ4v) is 2.76. The van der Waals surface area contributed by atoms with Crippen molar-refractivity contribution in [1.82, 2.24) is 20.4 Å². The first-order valence-electron chi connectivity index (χ1n) is 7.42. The second-order valence-electron chi connectivity index (χ2n) is 5.49. The van der Waals surface area contributed by atoms with Gasteiger partial charge in [0, 0.05) is 13.1 Å². The van der Waals surface area contributed by atoms with Crippen LogP contribution >= 0.6 is 0 Å². The zero-order chi connectivity index (χ0) is 14.5. The molecule has 0 atom stereocenters. The van der Waals surface area contributed by atoms with Crippen molar-refractivity contribution in [3.63, 3.8) is 0 Å². The summed E-state index contributed by atoms with van der Waals surface area (Å²) in [4.78, 5) is 14.6. The van der Waals surface area contributed by atoms with Crippen molar-refractivity contribution >= 4 is 5.91 Å². The fourth-order valence-electron chi connectivity index (χ4n) is 2.76. The summed E-state index contributed by atoms with van der Waals surface area (Å²) in [5.74, 6) is 0.801. The molecule has 0 spiro atoms. The van der Waals surface area contributed by atoms with E-state index in [2.05, 4.69) is 15.5 Å². The highest BCUT2D eigenvalue weighted by molar-refractivity contribution is 5.95. The molecule has 20 heavy (non-hydrogen) atoms. The van der Waals surface area contributed by atoms with Crippen molar-refractivity contribution in [2.75, 3.05) is 26.7 Å². The van der Waals surface area contributed by atoms with Crippen molar-refractivity contribution in [3.8, 4) is 0 Å². The van der Waals surface area contributed by atoms with E-state index in [4.69, 9.17) is 0 Å². The molecule has 1 fully saturated rings. The molecule has 1 aliphatic heterocycles. The number of likely N-dealkylation sites (tertiary alicyclic amines) is 1. The summed E-state index contributed by atoms with van der Waals surface area (Å²) < 4.78 is 0. The van der Waals surface area contributed by atoms with Crippen molar-refractivity contribution in [2.45, 2.75) is 33.1 Å². The number of nitrogens with zero attached hydrogens (tertiary/aromatic N) is 3. The highest BCUT2D eigenvalue weighted by Crippen LogP contribution is 2.19. The number of aromatic nitrogens is 2. The average molecular weight is 276 g/mol. The third-order valence-electron chi connectivity index (χ3n) is 3.95. The molecule has 2 heterocycles. The first kappa shape index (κ1) is 14.9. The standard InChI is InChI=1S/C15H24N4O/c1-4-14-13(9-11(2)17-18-14)15(20)19-7-5-12(6-8-19)10-16-3/h9,12,16H,4-8,10H2,1-3H3. The lowest BCUT2D eigenvalue weighted by atomic mass is 9.96. The van der Waals surface area contributed by atoms with E-state index in [0.29, 0.717) is 5.92 Å². The minimum Gasteiger partial charge on any atom is -0.339 e. The molecular formula is C15H24N4O. The second kappa shape index (κ2) is 6.79. The molecule has 1 saturated heterocycles. The third kappa shape index (κ3) is 3.33. The quantitative estimate of drug-likeness (QED) is 0.903. The van der Waals surface area contributed by atoms with E-state index >= 15 is 0 Å². The minimum atomic E-state index is 0.114. The van der Waals surface area contributed by atoms with Crippen LogP contribution in [0.3, 0.4) is 0 Å². The van der Waals surface area contributed by atoms with E-state index in [0.717, 1.165) is 55.8 Å². The zero-order valence-electron chi connectivity index (χ0n) is 12.6. The van der Waals surface area contributed by atoms with Crippen molar-refractivity contribution in [2.24, 2.45) is 5.92 Å². The first-order chi connectivity index (χ1) is 9.65. The molecule has 110 valence electrons. The predicted molar refractivity (Wildman–Crippen MR) is 78.7 cm³/mol. The van der Waals surface area contributed by atoms with E-state index in [-0.39, 0.29) is 5.91 Å². The SMILES string of the molecule is CCc1nnc(C)cc1C(=O)N1CCC(CNC)CC1. The van der Waals surface area contributed by atoms with Crippen molar-refractivity contribution < 1.29 is 4.79 Å². The van der Waals surface area contributed by atoms with E-state index in [1.54, 1.807) is 0 Å². The summed E-state index contributed by atoms with van der Waals surface area (Å²) >= 11 is 0. The van der Waals surface area contributed by atoms with Crippen LogP contribution in [0.4, 0.5) is 0 Å². The Morgan fingerprint density at radius 2 is 2.10 bits per heavy atom. The Morgan fingerprint density at radius 1 is 1.40 bits per heavy atom. The van der Waals surface area contributed by atoms with Gasteiger partial charge < -0.3 is 10.2 Å². The Kier molecular flexibility index (Phi) is 5.06. The number of nitrogens with one attached hydrogen (secondary N) is 1. The fraction of sp³-hybridized carbons (Fsp3) is 0.667. The summed E-state index contributed by atoms with van der Waals surface area (Å²) in [5, 5.41) is 11.4. The highest BCUT2D eigenvalue weighted by atomic mass is 16.2. The molecule has 0 radical (unpaired) electrons. The van der Waals surface area contributed by atoms with Gasteiger partial charge in [-0.2, -0.15) is 10.2 Å². The molecule has 5 heteroatoms. The van der Waals surface area contributed by atoms with E-state index in [1.165, 1.54) is 0 Å². The number of rotatable bonds is 4. The predicted octanol–water partition coefficient (Wildman–Crippen LogP) is 1.42. The van der Waals surface area contributed by atoms with Crippen LogP contribution in [0.15, 0.2) is 6.07 Å². The van der Waals surface area contributed by atoms with Crippen LogP contribution in [-0.2, 0) is 6.42 Å². The maximum Gasteiger partial charge on any atom is 0.255 e. The Hall–Kier alpha value is -1.49. The van der Waals surface area contributed by atoms with E-state index < -0.39 is 0 Å². The van der Waals surface area contributed by atoms with Crippen LogP contribution in [0, 0.1) is 12.8 Å². The van der Waals surface area contributed by atoms with E-state index in [1.807, 2.05) is 31.9 Å². The van der Waals surface area contributed by atoms with Crippen LogP contribution in [0.1, 0.15) is 41.5 Å². The van der Waals surface area contributed by atoms with Gasteiger partial charge in [-0.05, 0) is 51.8 Å². The lowest BCUT2D eigenvalue weighted by Crippen LogP contribution is -2.40. The number of carbonyl (C=O) groups is 1. The molecule has 1 N–H and O–H groups in total. The van der Waals surface area contributed by atoms with Gasteiger partial charge in [-0.1, -0.05) is 6.92 Å². The molecule has 2 rings (SSSR count). The van der Waals surface area contributed by atoms with Gasteiger partial charge in [-0.15, -0.1) is 0 Å². The van der Waals surface area contributed by atoms with Gasteiger partial charge in [0.25, 0.3) is 5.91 Å². The highest BCUT2D eigenvalue weighted by Gasteiger charge is 2.25. The molecule has 0 saturated carbocycles. The third-order valence-corrected chi connectivity index (χ3v) is 3.95. The largest absolute Gasteiger partial charge is 0.339 e. The number of hydrogen-bond donors (Lipinski definition) is 1. The Balaban J connectivity index is 2.07.